The van der Waals surface area contributed by atoms with Gasteiger partial charge in [0.2, 0.25) is 12.0 Å². The van der Waals surface area contributed by atoms with Crippen LogP contribution in [-0.4, -0.2) is 35.3 Å². The second kappa shape index (κ2) is 6.41. The number of thioether (sulfide) groups is 1. The standard InChI is InChI=1S/C15H14ClNO5S/c1-7-4-10(15(20)21-7)22-13(18)6-12-14(19)17-9-5-8(16)2-3-11(9)23-12/h2-3,5,7,10,12H,4,6H2,1H3,(H,17,19). The number of halogens is 1. The predicted octanol–water partition coefficient (Wildman–Crippen LogP) is 2.39. The number of carbonyl (C=O) groups is 3. The van der Waals surface area contributed by atoms with Crippen LogP contribution in [0, 0.1) is 0 Å². The highest BCUT2D eigenvalue weighted by atomic mass is 35.5. The van der Waals surface area contributed by atoms with E-state index in [1.54, 1.807) is 25.1 Å². The van der Waals surface area contributed by atoms with E-state index in [4.69, 9.17) is 21.1 Å². The lowest BCUT2D eigenvalue weighted by Gasteiger charge is -2.23. The molecule has 0 aromatic heterocycles. The molecule has 0 radical (unpaired) electrons. The van der Waals surface area contributed by atoms with Crippen LogP contribution in [0.25, 0.3) is 0 Å². The number of fused-ring (bicyclic) bond motifs is 1. The van der Waals surface area contributed by atoms with Crippen molar-refractivity contribution < 1.29 is 23.9 Å². The van der Waals surface area contributed by atoms with Crippen molar-refractivity contribution in [2.45, 2.75) is 42.1 Å². The van der Waals surface area contributed by atoms with Crippen LogP contribution in [0.2, 0.25) is 5.02 Å². The number of esters is 2. The molecule has 3 unspecified atom stereocenters. The molecule has 1 aromatic rings. The third kappa shape index (κ3) is 3.61. The van der Waals surface area contributed by atoms with Crippen LogP contribution in [0.15, 0.2) is 23.1 Å². The highest BCUT2D eigenvalue weighted by molar-refractivity contribution is 8.01. The topological polar surface area (TPSA) is 81.7 Å². The van der Waals surface area contributed by atoms with Crippen molar-refractivity contribution in [2.24, 2.45) is 0 Å². The van der Waals surface area contributed by atoms with E-state index in [1.165, 1.54) is 11.8 Å². The van der Waals surface area contributed by atoms with E-state index in [0.29, 0.717) is 17.1 Å². The van der Waals surface area contributed by atoms with E-state index in [-0.39, 0.29) is 18.4 Å². The van der Waals surface area contributed by atoms with Gasteiger partial charge in [-0.25, -0.2) is 4.79 Å². The number of cyclic esters (lactones) is 1. The van der Waals surface area contributed by atoms with Crippen LogP contribution in [0.3, 0.4) is 0 Å². The fraction of sp³-hybridized carbons (Fsp3) is 0.400. The first-order chi connectivity index (χ1) is 10.9. The molecule has 1 N–H and O–H groups in total. The van der Waals surface area contributed by atoms with Gasteiger partial charge < -0.3 is 14.8 Å². The van der Waals surface area contributed by atoms with Crippen molar-refractivity contribution >= 4 is 46.9 Å². The van der Waals surface area contributed by atoms with E-state index >= 15 is 0 Å². The number of amides is 1. The van der Waals surface area contributed by atoms with E-state index in [2.05, 4.69) is 5.32 Å². The van der Waals surface area contributed by atoms with E-state index in [9.17, 15) is 14.4 Å². The Balaban J connectivity index is 1.62. The molecule has 0 spiro atoms. The van der Waals surface area contributed by atoms with Crippen LogP contribution in [-0.2, 0) is 23.9 Å². The Morgan fingerprint density at radius 3 is 2.96 bits per heavy atom. The number of anilines is 1. The molecule has 122 valence electrons. The van der Waals surface area contributed by atoms with E-state index in [1.807, 2.05) is 0 Å². The third-order valence-corrected chi connectivity index (χ3v) is 5.02. The molecule has 3 atom stereocenters. The highest BCUT2D eigenvalue weighted by Crippen LogP contribution is 2.38. The summed E-state index contributed by atoms with van der Waals surface area (Å²) in [6.07, 6.45) is -0.906. The van der Waals surface area contributed by atoms with Crippen LogP contribution in [0.5, 0.6) is 0 Å². The van der Waals surface area contributed by atoms with Gasteiger partial charge in [-0.3, -0.25) is 9.59 Å². The summed E-state index contributed by atoms with van der Waals surface area (Å²) >= 11 is 7.16. The van der Waals surface area contributed by atoms with Gasteiger partial charge in [-0.1, -0.05) is 11.6 Å². The molecule has 3 rings (SSSR count). The Bertz CT molecular complexity index is 680. The maximum absolute atomic E-state index is 12.1. The second-order valence-electron chi connectivity index (χ2n) is 5.40. The van der Waals surface area contributed by atoms with Crippen molar-refractivity contribution in [3.63, 3.8) is 0 Å². The minimum Gasteiger partial charge on any atom is -0.460 e. The first-order valence-corrected chi connectivity index (χ1v) is 8.35. The van der Waals surface area contributed by atoms with E-state index in [0.717, 1.165) is 4.90 Å². The zero-order chi connectivity index (χ0) is 16.6. The van der Waals surface area contributed by atoms with Crippen LogP contribution >= 0.6 is 23.4 Å². The number of rotatable bonds is 3. The number of hydrogen-bond acceptors (Lipinski definition) is 6. The summed E-state index contributed by atoms with van der Waals surface area (Å²) < 4.78 is 10.1. The summed E-state index contributed by atoms with van der Waals surface area (Å²) in [5, 5.41) is 2.64. The Kier molecular flexibility index (Phi) is 4.50. The molecular weight excluding hydrogens is 342 g/mol. The quantitative estimate of drug-likeness (QED) is 0.838. The predicted molar refractivity (Wildman–Crippen MR) is 84.4 cm³/mol. The minimum atomic E-state index is -0.875. The van der Waals surface area contributed by atoms with Gasteiger partial charge in [-0.2, -0.15) is 0 Å². The molecule has 2 aliphatic rings. The van der Waals surface area contributed by atoms with Gasteiger partial charge in [-0.15, -0.1) is 11.8 Å². The molecule has 0 bridgehead atoms. The Morgan fingerprint density at radius 1 is 1.48 bits per heavy atom. The Morgan fingerprint density at radius 2 is 2.26 bits per heavy atom. The summed E-state index contributed by atoms with van der Waals surface area (Å²) in [6.45, 7) is 1.73. The fourth-order valence-corrected chi connectivity index (χ4v) is 3.68. The van der Waals surface area contributed by atoms with Gasteiger partial charge in [0.1, 0.15) is 6.10 Å². The monoisotopic (exact) mass is 355 g/mol. The second-order valence-corrected chi connectivity index (χ2v) is 7.08. The lowest BCUT2D eigenvalue weighted by molar-refractivity contribution is -0.161. The van der Waals surface area contributed by atoms with Gasteiger partial charge >= 0.3 is 11.9 Å². The fourth-order valence-electron chi connectivity index (χ4n) is 2.43. The zero-order valence-corrected chi connectivity index (χ0v) is 13.8. The molecule has 23 heavy (non-hydrogen) atoms. The first-order valence-electron chi connectivity index (χ1n) is 7.09. The average molecular weight is 356 g/mol. The molecule has 8 heteroatoms. The number of carbonyl (C=O) groups excluding carboxylic acids is 3. The number of benzene rings is 1. The van der Waals surface area contributed by atoms with Crippen LogP contribution < -0.4 is 5.32 Å². The molecule has 0 saturated carbocycles. The summed E-state index contributed by atoms with van der Waals surface area (Å²) in [4.78, 5) is 36.4. The zero-order valence-electron chi connectivity index (χ0n) is 12.2. The maximum Gasteiger partial charge on any atom is 0.347 e. The molecule has 1 aromatic carbocycles. The van der Waals surface area contributed by atoms with Gasteiger partial charge in [-0.05, 0) is 25.1 Å². The van der Waals surface area contributed by atoms with Crippen molar-refractivity contribution in [3.8, 4) is 0 Å². The molecule has 1 fully saturated rings. The number of nitrogens with one attached hydrogen (secondary N) is 1. The Labute approximate surface area is 141 Å². The minimum absolute atomic E-state index is 0.114. The van der Waals surface area contributed by atoms with Crippen molar-refractivity contribution in [1.29, 1.82) is 0 Å². The molecule has 0 aliphatic carbocycles. The van der Waals surface area contributed by atoms with Gasteiger partial charge in [0.15, 0.2) is 0 Å². The largest absolute Gasteiger partial charge is 0.460 e. The molecule has 2 aliphatic heterocycles. The van der Waals surface area contributed by atoms with E-state index < -0.39 is 23.3 Å². The van der Waals surface area contributed by atoms with Gasteiger partial charge in [0.25, 0.3) is 0 Å². The number of hydrogen-bond donors (Lipinski definition) is 1. The smallest absolute Gasteiger partial charge is 0.347 e. The molecular formula is C15H14ClNO5S. The summed E-state index contributed by atoms with van der Waals surface area (Å²) in [7, 11) is 0. The summed E-state index contributed by atoms with van der Waals surface area (Å²) in [5.74, 6) is -1.42. The van der Waals surface area contributed by atoms with Crippen LogP contribution in [0.4, 0.5) is 5.69 Å². The molecule has 1 saturated heterocycles. The maximum atomic E-state index is 12.1. The third-order valence-electron chi connectivity index (χ3n) is 3.51. The molecule has 6 nitrogen and oxygen atoms in total. The molecule has 1 amide bonds. The normalized spacial score (nSPS) is 26.3. The van der Waals surface area contributed by atoms with Crippen LogP contribution in [0.1, 0.15) is 19.8 Å². The van der Waals surface area contributed by atoms with Crippen molar-refractivity contribution in [2.75, 3.05) is 5.32 Å². The first kappa shape index (κ1) is 16.1. The number of ether oxygens (including phenoxy) is 2. The van der Waals surface area contributed by atoms with Gasteiger partial charge in [0.05, 0.1) is 17.4 Å². The lowest BCUT2D eigenvalue weighted by atomic mass is 10.2. The molecule has 2 heterocycles. The SMILES string of the molecule is CC1CC(OC(=O)CC2Sc3ccc(Cl)cc3NC2=O)C(=O)O1. The van der Waals surface area contributed by atoms with Crippen molar-refractivity contribution in [1.82, 2.24) is 0 Å². The lowest BCUT2D eigenvalue weighted by Crippen LogP contribution is -2.33. The summed E-state index contributed by atoms with van der Waals surface area (Å²) in [5.41, 5.74) is 0.630. The average Bonchev–Trinajstić information content (AvgIpc) is 2.78. The Hall–Kier alpha value is -1.73. The van der Waals surface area contributed by atoms with Crippen molar-refractivity contribution in [3.05, 3.63) is 23.2 Å². The summed E-state index contributed by atoms with van der Waals surface area (Å²) in [6, 6.07) is 5.17. The highest BCUT2D eigenvalue weighted by Gasteiger charge is 2.36. The van der Waals surface area contributed by atoms with Gasteiger partial charge in [0, 0.05) is 16.3 Å².